The molecule has 4 rings (SSSR count). The lowest BCUT2D eigenvalue weighted by Crippen LogP contribution is -2.36. The Kier molecular flexibility index (Phi) is 6.46. The van der Waals surface area contributed by atoms with Crippen LogP contribution in [0.25, 0.3) is 5.69 Å². The number of pyridine rings is 1. The highest BCUT2D eigenvalue weighted by Gasteiger charge is 2.42. The molecule has 6 nitrogen and oxygen atoms in total. The van der Waals surface area contributed by atoms with Crippen LogP contribution in [0.1, 0.15) is 30.4 Å². The maximum atomic E-state index is 12.3. The standard InChI is InChI=1S/C22H20Cl2N4O2S/c1-2-30-19(29)13-28-21(20(26-22(28)31)16-6-3-4-10-25-16)18-7-5-11-27(18)17-9-8-14(23)12-15(17)24/h3-12,20-21H,2,13H2,1H3,(H,26,31)/t20-,21+/m1/s1. The van der Waals surface area contributed by atoms with Crippen LogP contribution in [0.3, 0.4) is 0 Å². The summed E-state index contributed by atoms with van der Waals surface area (Å²) in [6, 6.07) is 14.4. The number of esters is 1. The molecule has 0 saturated carbocycles. The molecule has 160 valence electrons. The van der Waals surface area contributed by atoms with Crippen molar-refractivity contribution in [2.24, 2.45) is 0 Å². The van der Waals surface area contributed by atoms with Gasteiger partial charge in [-0.3, -0.25) is 9.78 Å². The summed E-state index contributed by atoms with van der Waals surface area (Å²) >= 11 is 18.2. The molecule has 0 bridgehead atoms. The van der Waals surface area contributed by atoms with Gasteiger partial charge in [-0.2, -0.15) is 0 Å². The van der Waals surface area contributed by atoms with Crippen LogP contribution in [0.4, 0.5) is 0 Å². The molecular formula is C22H20Cl2N4O2S. The van der Waals surface area contributed by atoms with Crippen molar-refractivity contribution in [2.75, 3.05) is 13.2 Å². The number of thiocarbonyl (C=S) groups is 1. The number of aromatic nitrogens is 2. The number of benzene rings is 1. The van der Waals surface area contributed by atoms with E-state index < -0.39 is 0 Å². The third-order valence-corrected chi connectivity index (χ3v) is 5.95. The number of nitrogens with zero attached hydrogens (tertiary/aromatic N) is 3. The van der Waals surface area contributed by atoms with Gasteiger partial charge in [0.2, 0.25) is 0 Å². The molecule has 2 aromatic heterocycles. The van der Waals surface area contributed by atoms with Crippen LogP contribution in [0.5, 0.6) is 0 Å². The smallest absolute Gasteiger partial charge is 0.325 e. The summed E-state index contributed by atoms with van der Waals surface area (Å²) in [4.78, 5) is 18.7. The van der Waals surface area contributed by atoms with Crippen molar-refractivity contribution < 1.29 is 9.53 Å². The van der Waals surface area contributed by atoms with E-state index in [4.69, 9.17) is 40.2 Å². The lowest BCUT2D eigenvalue weighted by Gasteiger charge is -2.28. The van der Waals surface area contributed by atoms with Crippen molar-refractivity contribution in [3.05, 3.63) is 82.4 Å². The number of nitrogens with one attached hydrogen (secondary N) is 1. The van der Waals surface area contributed by atoms with Gasteiger partial charge >= 0.3 is 5.97 Å². The molecule has 1 aromatic carbocycles. The summed E-state index contributed by atoms with van der Waals surface area (Å²) in [6.07, 6.45) is 3.66. The average Bonchev–Trinajstić information content (AvgIpc) is 3.33. The van der Waals surface area contributed by atoms with Crippen LogP contribution in [0.2, 0.25) is 10.0 Å². The molecule has 0 radical (unpaired) electrons. The summed E-state index contributed by atoms with van der Waals surface area (Å²) in [5, 5.41) is 4.87. The van der Waals surface area contributed by atoms with Crippen molar-refractivity contribution in [1.82, 2.24) is 19.8 Å². The van der Waals surface area contributed by atoms with Gasteiger partial charge in [0.05, 0.1) is 35.1 Å². The maximum absolute atomic E-state index is 12.3. The number of carbonyl (C=O) groups excluding carboxylic acids is 1. The lowest BCUT2D eigenvalue weighted by molar-refractivity contribution is -0.143. The minimum atomic E-state index is -0.346. The first kappa shape index (κ1) is 21.6. The molecular weight excluding hydrogens is 455 g/mol. The molecule has 0 aliphatic carbocycles. The highest BCUT2D eigenvalue weighted by atomic mass is 35.5. The van der Waals surface area contributed by atoms with Crippen LogP contribution in [0.15, 0.2) is 60.9 Å². The number of rotatable bonds is 6. The molecule has 0 spiro atoms. The van der Waals surface area contributed by atoms with Gasteiger partial charge in [0, 0.05) is 23.1 Å². The van der Waals surface area contributed by atoms with E-state index in [-0.39, 0.29) is 24.6 Å². The Bertz CT molecular complexity index is 1110. The molecule has 1 saturated heterocycles. The Morgan fingerprint density at radius 2 is 2.06 bits per heavy atom. The Morgan fingerprint density at radius 1 is 1.23 bits per heavy atom. The van der Waals surface area contributed by atoms with E-state index >= 15 is 0 Å². The van der Waals surface area contributed by atoms with Gasteiger partial charge in [-0.05, 0) is 61.6 Å². The highest BCUT2D eigenvalue weighted by Crippen LogP contribution is 2.40. The van der Waals surface area contributed by atoms with E-state index in [0.717, 1.165) is 17.1 Å². The minimum Gasteiger partial charge on any atom is -0.465 e. The quantitative estimate of drug-likeness (QED) is 0.412. The normalized spacial score (nSPS) is 18.2. The van der Waals surface area contributed by atoms with Gasteiger partial charge in [-0.15, -0.1) is 0 Å². The third-order valence-electron chi connectivity index (χ3n) is 5.06. The molecule has 9 heteroatoms. The van der Waals surface area contributed by atoms with E-state index in [1.807, 2.05) is 52.1 Å². The molecule has 1 N–H and O–H groups in total. The van der Waals surface area contributed by atoms with Crippen molar-refractivity contribution in [3.8, 4) is 5.69 Å². The van der Waals surface area contributed by atoms with E-state index in [2.05, 4.69) is 10.3 Å². The number of hydrogen-bond donors (Lipinski definition) is 1. The summed E-state index contributed by atoms with van der Waals surface area (Å²) in [5.74, 6) is -0.346. The van der Waals surface area contributed by atoms with Crippen molar-refractivity contribution >= 4 is 46.5 Å². The fourth-order valence-corrected chi connectivity index (χ4v) is 4.58. The van der Waals surface area contributed by atoms with E-state index in [1.165, 1.54) is 0 Å². The Labute approximate surface area is 195 Å². The van der Waals surface area contributed by atoms with Crippen molar-refractivity contribution in [1.29, 1.82) is 0 Å². The molecule has 0 unspecified atom stereocenters. The zero-order chi connectivity index (χ0) is 22.0. The number of carbonyl (C=O) groups is 1. The number of halogens is 2. The zero-order valence-electron chi connectivity index (χ0n) is 16.7. The minimum absolute atomic E-state index is 0.0210. The summed E-state index contributed by atoms with van der Waals surface area (Å²) in [7, 11) is 0. The number of ether oxygens (including phenoxy) is 1. The molecule has 2 atom stereocenters. The predicted molar refractivity (Wildman–Crippen MR) is 125 cm³/mol. The fourth-order valence-electron chi connectivity index (χ4n) is 3.77. The first-order valence-corrected chi connectivity index (χ1v) is 10.9. The monoisotopic (exact) mass is 474 g/mol. The second-order valence-corrected chi connectivity index (χ2v) is 8.19. The van der Waals surface area contributed by atoms with Gasteiger partial charge in [-0.25, -0.2) is 0 Å². The molecule has 0 amide bonds. The first-order valence-electron chi connectivity index (χ1n) is 9.76. The molecule has 1 aliphatic heterocycles. The van der Waals surface area contributed by atoms with Gasteiger partial charge in [0.25, 0.3) is 0 Å². The van der Waals surface area contributed by atoms with Crippen LogP contribution >= 0.6 is 35.4 Å². The predicted octanol–water partition coefficient (Wildman–Crippen LogP) is 4.71. The summed E-state index contributed by atoms with van der Waals surface area (Å²) in [5.41, 5.74) is 2.49. The van der Waals surface area contributed by atoms with Gasteiger partial charge in [0.15, 0.2) is 5.11 Å². The number of hydrogen-bond acceptors (Lipinski definition) is 4. The summed E-state index contributed by atoms with van der Waals surface area (Å²) in [6.45, 7) is 2.10. The van der Waals surface area contributed by atoms with Crippen LogP contribution in [0, 0.1) is 0 Å². The van der Waals surface area contributed by atoms with E-state index in [1.54, 1.807) is 25.3 Å². The largest absolute Gasteiger partial charge is 0.465 e. The highest BCUT2D eigenvalue weighted by molar-refractivity contribution is 7.80. The SMILES string of the molecule is CCOC(=O)CN1C(=S)N[C@H](c2ccccn2)[C@@H]1c1cccn1-c1ccc(Cl)cc1Cl. The van der Waals surface area contributed by atoms with Gasteiger partial charge in [-0.1, -0.05) is 29.3 Å². The maximum Gasteiger partial charge on any atom is 0.325 e. The van der Waals surface area contributed by atoms with Gasteiger partial charge < -0.3 is 19.5 Å². The molecule has 3 heterocycles. The Morgan fingerprint density at radius 3 is 2.77 bits per heavy atom. The second kappa shape index (κ2) is 9.26. The fraction of sp³-hybridized carbons (Fsp3) is 0.227. The van der Waals surface area contributed by atoms with E-state index in [0.29, 0.717) is 21.8 Å². The zero-order valence-corrected chi connectivity index (χ0v) is 19.0. The van der Waals surface area contributed by atoms with Crippen molar-refractivity contribution in [2.45, 2.75) is 19.0 Å². The van der Waals surface area contributed by atoms with Crippen LogP contribution in [-0.4, -0.2) is 38.7 Å². The molecule has 3 aromatic rings. The van der Waals surface area contributed by atoms with Gasteiger partial charge in [0.1, 0.15) is 6.54 Å². The van der Waals surface area contributed by atoms with E-state index in [9.17, 15) is 4.79 Å². The van der Waals surface area contributed by atoms with Crippen molar-refractivity contribution in [3.63, 3.8) is 0 Å². The molecule has 1 fully saturated rings. The average molecular weight is 475 g/mol. The topological polar surface area (TPSA) is 59.4 Å². The molecule has 1 aliphatic rings. The Hall–Kier alpha value is -2.61. The lowest BCUT2D eigenvalue weighted by atomic mass is 10.0. The molecule has 31 heavy (non-hydrogen) atoms. The summed E-state index contributed by atoms with van der Waals surface area (Å²) < 4.78 is 7.16. The second-order valence-electron chi connectivity index (χ2n) is 6.96. The first-order chi connectivity index (χ1) is 15.0. The van der Waals surface area contributed by atoms with Crippen LogP contribution < -0.4 is 5.32 Å². The Balaban J connectivity index is 1.80. The van der Waals surface area contributed by atoms with Crippen LogP contribution in [-0.2, 0) is 9.53 Å². The third kappa shape index (κ3) is 4.39.